The van der Waals surface area contributed by atoms with Crippen molar-refractivity contribution in [1.29, 1.82) is 0 Å². The molecule has 0 atom stereocenters. The highest BCUT2D eigenvalue weighted by atomic mass is 16.7. The first-order chi connectivity index (χ1) is 8.79. The van der Waals surface area contributed by atoms with Gasteiger partial charge in [0.05, 0.1) is 13.7 Å². The zero-order valence-electron chi connectivity index (χ0n) is 10.7. The van der Waals surface area contributed by atoms with Crippen LogP contribution >= 0.6 is 0 Å². The molecule has 0 spiro atoms. The second-order valence-corrected chi connectivity index (χ2v) is 4.39. The maximum atomic E-state index is 11.9. The van der Waals surface area contributed by atoms with E-state index < -0.39 is 0 Å². The maximum absolute atomic E-state index is 11.9. The van der Waals surface area contributed by atoms with Crippen LogP contribution in [0.2, 0.25) is 0 Å². The van der Waals surface area contributed by atoms with Crippen molar-refractivity contribution in [3.8, 4) is 5.75 Å². The number of hydroxylamine groups is 2. The van der Waals surface area contributed by atoms with E-state index in [2.05, 4.69) is 0 Å². The van der Waals surface area contributed by atoms with Crippen LogP contribution in [-0.4, -0.2) is 31.2 Å². The molecule has 2 rings (SSSR count). The predicted octanol–water partition coefficient (Wildman–Crippen LogP) is 2.18. The highest BCUT2D eigenvalue weighted by Gasteiger charge is 2.17. The molecule has 1 heterocycles. The third-order valence-electron chi connectivity index (χ3n) is 3.04. The summed E-state index contributed by atoms with van der Waals surface area (Å²) in [6, 6.07) is 7.81. The van der Waals surface area contributed by atoms with E-state index in [0.29, 0.717) is 13.0 Å². The zero-order chi connectivity index (χ0) is 12.8. The van der Waals surface area contributed by atoms with Crippen LogP contribution in [0.25, 0.3) is 0 Å². The Morgan fingerprint density at radius 1 is 1.44 bits per heavy atom. The van der Waals surface area contributed by atoms with Gasteiger partial charge in [-0.15, -0.1) is 0 Å². The monoisotopic (exact) mass is 249 g/mol. The van der Waals surface area contributed by atoms with Crippen molar-refractivity contribution in [1.82, 2.24) is 5.06 Å². The lowest BCUT2D eigenvalue weighted by Gasteiger charge is -2.25. The summed E-state index contributed by atoms with van der Waals surface area (Å²) in [7, 11) is 1.64. The molecule has 1 saturated heterocycles. The smallest absolute Gasteiger partial charge is 0.246 e. The number of rotatable bonds is 4. The Labute approximate surface area is 107 Å². The summed E-state index contributed by atoms with van der Waals surface area (Å²) in [5, 5.41) is 1.50. The van der Waals surface area contributed by atoms with Gasteiger partial charge in [0.25, 0.3) is 0 Å². The quantitative estimate of drug-likeness (QED) is 0.821. The van der Waals surface area contributed by atoms with Crippen molar-refractivity contribution >= 4 is 5.91 Å². The normalized spacial score (nSPS) is 15.5. The van der Waals surface area contributed by atoms with Gasteiger partial charge in [-0.3, -0.25) is 9.63 Å². The van der Waals surface area contributed by atoms with Crippen LogP contribution in [0.15, 0.2) is 24.3 Å². The molecule has 1 aliphatic rings. The average Bonchev–Trinajstić information content (AvgIpc) is 2.46. The van der Waals surface area contributed by atoms with E-state index in [0.717, 1.165) is 37.1 Å². The number of hydrogen-bond acceptors (Lipinski definition) is 3. The van der Waals surface area contributed by atoms with Crippen molar-refractivity contribution < 1.29 is 14.4 Å². The van der Waals surface area contributed by atoms with Crippen molar-refractivity contribution in [2.45, 2.75) is 25.7 Å². The highest BCUT2D eigenvalue weighted by Crippen LogP contribution is 2.15. The molecule has 0 radical (unpaired) electrons. The Morgan fingerprint density at radius 3 is 3.06 bits per heavy atom. The maximum Gasteiger partial charge on any atom is 0.246 e. The summed E-state index contributed by atoms with van der Waals surface area (Å²) in [5.41, 5.74) is 1.11. The number of nitrogens with zero attached hydrogens (tertiary/aromatic N) is 1. The van der Waals surface area contributed by atoms with E-state index in [1.54, 1.807) is 7.11 Å². The Bertz CT molecular complexity index is 400. The highest BCUT2D eigenvalue weighted by molar-refractivity contribution is 5.75. The molecule has 98 valence electrons. The minimum Gasteiger partial charge on any atom is -0.497 e. The lowest BCUT2D eigenvalue weighted by atomic mass is 10.1. The van der Waals surface area contributed by atoms with Crippen LogP contribution in [0.5, 0.6) is 5.75 Å². The van der Waals surface area contributed by atoms with Crippen LogP contribution < -0.4 is 4.74 Å². The fraction of sp³-hybridized carbons (Fsp3) is 0.500. The van der Waals surface area contributed by atoms with Crippen molar-refractivity contribution in [3.63, 3.8) is 0 Å². The first-order valence-corrected chi connectivity index (χ1v) is 6.36. The van der Waals surface area contributed by atoms with Crippen molar-refractivity contribution in [3.05, 3.63) is 29.8 Å². The molecule has 4 nitrogen and oxygen atoms in total. The van der Waals surface area contributed by atoms with Gasteiger partial charge in [-0.05, 0) is 37.0 Å². The van der Waals surface area contributed by atoms with Gasteiger partial charge in [0.1, 0.15) is 5.75 Å². The molecule has 4 heteroatoms. The van der Waals surface area contributed by atoms with Crippen LogP contribution in [0.3, 0.4) is 0 Å². The third-order valence-corrected chi connectivity index (χ3v) is 3.04. The number of carbonyl (C=O) groups is 1. The van der Waals surface area contributed by atoms with Gasteiger partial charge in [-0.1, -0.05) is 12.1 Å². The Kier molecular flexibility index (Phi) is 4.59. The van der Waals surface area contributed by atoms with Gasteiger partial charge in [-0.25, -0.2) is 5.06 Å². The molecule has 1 aromatic carbocycles. The zero-order valence-corrected chi connectivity index (χ0v) is 10.7. The molecular formula is C14H19NO3. The van der Waals surface area contributed by atoms with Crippen molar-refractivity contribution in [2.75, 3.05) is 20.3 Å². The first kappa shape index (κ1) is 12.9. The minimum atomic E-state index is 0.0671. The molecule has 0 unspecified atom stereocenters. The first-order valence-electron chi connectivity index (χ1n) is 6.36. The van der Waals surface area contributed by atoms with Gasteiger partial charge in [0.15, 0.2) is 0 Å². The van der Waals surface area contributed by atoms with Gasteiger partial charge in [-0.2, -0.15) is 0 Å². The van der Waals surface area contributed by atoms with Gasteiger partial charge in [0, 0.05) is 13.0 Å². The number of hydrogen-bond donors (Lipinski definition) is 0. The Hall–Kier alpha value is -1.55. The molecule has 0 aliphatic carbocycles. The largest absolute Gasteiger partial charge is 0.497 e. The lowest BCUT2D eigenvalue weighted by molar-refractivity contribution is -0.197. The molecular weight excluding hydrogens is 230 g/mol. The van der Waals surface area contributed by atoms with Crippen LogP contribution in [0.1, 0.15) is 24.8 Å². The Balaban J connectivity index is 1.84. The molecule has 0 N–H and O–H groups in total. The van der Waals surface area contributed by atoms with Gasteiger partial charge >= 0.3 is 0 Å². The summed E-state index contributed by atoms with van der Waals surface area (Å²) < 4.78 is 5.16. The van der Waals surface area contributed by atoms with Crippen LogP contribution in [-0.2, 0) is 16.1 Å². The van der Waals surface area contributed by atoms with E-state index >= 15 is 0 Å². The summed E-state index contributed by atoms with van der Waals surface area (Å²) in [4.78, 5) is 17.2. The molecule has 0 saturated carbocycles. The third kappa shape index (κ3) is 3.47. The van der Waals surface area contributed by atoms with E-state index in [-0.39, 0.29) is 5.91 Å². The summed E-state index contributed by atoms with van der Waals surface area (Å²) in [5.74, 6) is 0.895. The summed E-state index contributed by atoms with van der Waals surface area (Å²) >= 11 is 0. The van der Waals surface area contributed by atoms with Crippen LogP contribution in [0.4, 0.5) is 0 Å². The summed E-state index contributed by atoms with van der Waals surface area (Å²) in [6.07, 6.45) is 3.27. The standard InChI is InChI=1S/C14H19NO3/c1-17-13-6-4-5-12(11-13)7-8-14(16)15-9-2-3-10-18-15/h4-6,11H,2-3,7-10H2,1H3. The van der Waals surface area contributed by atoms with E-state index in [1.807, 2.05) is 24.3 Å². The fourth-order valence-corrected chi connectivity index (χ4v) is 2.00. The second kappa shape index (κ2) is 6.40. The minimum absolute atomic E-state index is 0.0671. The molecule has 1 fully saturated rings. The number of ether oxygens (including phenoxy) is 1. The molecule has 1 amide bonds. The van der Waals surface area contributed by atoms with Gasteiger partial charge in [0.2, 0.25) is 5.91 Å². The lowest BCUT2D eigenvalue weighted by Crippen LogP contribution is -2.35. The van der Waals surface area contributed by atoms with Gasteiger partial charge < -0.3 is 4.74 Å². The number of amides is 1. The molecule has 0 aromatic heterocycles. The second-order valence-electron chi connectivity index (χ2n) is 4.39. The molecule has 18 heavy (non-hydrogen) atoms. The van der Waals surface area contributed by atoms with Crippen LogP contribution in [0, 0.1) is 0 Å². The van der Waals surface area contributed by atoms with E-state index in [9.17, 15) is 4.79 Å². The van der Waals surface area contributed by atoms with E-state index in [4.69, 9.17) is 9.57 Å². The van der Waals surface area contributed by atoms with Crippen molar-refractivity contribution in [2.24, 2.45) is 0 Å². The number of benzene rings is 1. The summed E-state index contributed by atoms with van der Waals surface area (Å²) in [6.45, 7) is 1.38. The molecule has 1 aliphatic heterocycles. The Morgan fingerprint density at radius 2 is 2.33 bits per heavy atom. The predicted molar refractivity (Wildman–Crippen MR) is 68.2 cm³/mol. The number of methoxy groups -OCH3 is 1. The van der Waals surface area contributed by atoms with E-state index in [1.165, 1.54) is 5.06 Å². The fourth-order valence-electron chi connectivity index (χ4n) is 2.00. The SMILES string of the molecule is COc1cccc(CCC(=O)N2CCCCO2)c1. The number of carbonyl (C=O) groups excluding carboxylic acids is 1. The molecule has 1 aromatic rings. The molecule has 0 bridgehead atoms. The topological polar surface area (TPSA) is 38.8 Å². The number of aryl methyl sites for hydroxylation is 1. The average molecular weight is 249 g/mol.